The van der Waals surface area contributed by atoms with Crippen molar-refractivity contribution in [3.05, 3.63) is 59.2 Å². The average molecular weight is 283 g/mol. The lowest BCUT2D eigenvalue weighted by Gasteiger charge is -2.21. The maximum atomic E-state index is 12.5. The van der Waals surface area contributed by atoms with E-state index < -0.39 is 0 Å². The zero-order chi connectivity index (χ0) is 15.4. The van der Waals surface area contributed by atoms with E-state index in [9.17, 15) is 4.79 Å². The van der Waals surface area contributed by atoms with E-state index in [-0.39, 0.29) is 5.78 Å². The van der Waals surface area contributed by atoms with Crippen LogP contribution in [0.5, 0.6) is 5.75 Å². The summed E-state index contributed by atoms with van der Waals surface area (Å²) in [6.07, 6.45) is 0. The number of ketones is 1. The van der Waals surface area contributed by atoms with Gasteiger partial charge in [0.25, 0.3) is 0 Å². The largest absolute Gasteiger partial charge is 0.496 e. The third kappa shape index (κ3) is 3.43. The molecule has 2 aromatic rings. The summed E-state index contributed by atoms with van der Waals surface area (Å²) in [5, 5.41) is 0. The number of benzene rings is 2. The van der Waals surface area contributed by atoms with Crippen molar-refractivity contribution >= 4 is 11.5 Å². The first-order valence-electron chi connectivity index (χ1n) is 6.97. The van der Waals surface area contributed by atoms with Gasteiger partial charge in [0, 0.05) is 12.7 Å². The highest BCUT2D eigenvalue weighted by Gasteiger charge is 2.15. The number of carbonyl (C=O) groups excluding carboxylic acids is 1. The summed E-state index contributed by atoms with van der Waals surface area (Å²) in [5.41, 5.74) is 4.09. The molecule has 2 rings (SSSR count). The Kier molecular flexibility index (Phi) is 4.63. The summed E-state index contributed by atoms with van der Waals surface area (Å²) >= 11 is 0. The molecule has 21 heavy (non-hydrogen) atoms. The van der Waals surface area contributed by atoms with E-state index in [0.29, 0.717) is 17.9 Å². The smallest absolute Gasteiger partial charge is 0.185 e. The van der Waals surface area contributed by atoms with Crippen molar-refractivity contribution in [3.63, 3.8) is 0 Å². The van der Waals surface area contributed by atoms with Gasteiger partial charge < -0.3 is 9.64 Å². The van der Waals surface area contributed by atoms with Crippen molar-refractivity contribution in [2.24, 2.45) is 0 Å². The summed E-state index contributed by atoms with van der Waals surface area (Å²) in [4.78, 5) is 14.4. The van der Waals surface area contributed by atoms with Gasteiger partial charge in [-0.15, -0.1) is 0 Å². The van der Waals surface area contributed by atoms with E-state index in [1.54, 1.807) is 13.2 Å². The van der Waals surface area contributed by atoms with Crippen LogP contribution >= 0.6 is 0 Å². The fourth-order valence-electron chi connectivity index (χ4n) is 2.49. The molecular weight excluding hydrogens is 262 g/mol. The monoisotopic (exact) mass is 283 g/mol. The van der Waals surface area contributed by atoms with Crippen LogP contribution < -0.4 is 9.64 Å². The van der Waals surface area contributed by atoms with E-state index in [0.717, 1.165) is 5.69 Å². The first-order chi connectivity index (χ1) is 10.0. The number of rotatable bonds is 5. The molecule has 0 aliphatic heterocycles. The lowest BCUT2D eigenvalue weighted by Crippen LogP contribution is -2.26. The van der Waals surface area contributed by atoms with Gasteiger partial charge in [-0.3, -0.25) is 4.79 Å². The molecule has 0 spiro atoms. The van der Waals surface area contributed by atoms with Gasteiger partial charge in [0.2, 0.25) is 0 Å². The fourth-order valence-corrected chi connectivity index (χ4v) is 2.49. The first-order valence-corrected chi connectivity index (χ1v) is 6.97. The molecule has 0 bridgehead atoms. The van der Waals surface area contributed by atoms with Crippen molar-refractivity contribution in [2.45, 2.75) is 13.8 Å². The lowest BCUT2D eigenvalue weighted by atomic mass is 10.1. The maximum absolute atomic E-state index is 12.5. The molecule has 0 aliphatic carbocycles. The minimum atomic E-state index is 0.0509. The van der Waals surface area contributed by atoms with E-state index >= 15 is 0 Å². The van der Waals surface area contributed by atoms with Crippen molar-refractivity contribution in [1.82, 2.24) is 0 Å². The van der Waals surface area contributed by atoms with Gasteiger partial charge >= 0.3 is 0 Å². The number of hydrogen-bond acceptors (Lipinski definition) is 3. The number of ether oxygens (including phenoxy) is 1. The second-order valence-electron chi connectivity index (χ2n) is 5.27. The molecule has 0 aliphatic rings. The molecule has 0 radical (unpaired) electrons. The van der Waals surface area contributed by atoms with Crippen molar-refractivity contribution in [2.75, 3.05) is 25.6 Å². The van der Waals surface area contributed by atoms with Crippen LogP contribution in [0.1, 0.15) is 21.5 Å². The normalized spacial score (nSPS) is 10.3. The van der Waals surface area contributed by atoms with E-state index in [2.05, 4.69) is 32.0 Å². The van der Waals surface area contributed by atoms with Crippen LogP contribution in [0, 0.1) is 13.8 Å². The molecule has 0 unspecified atom stereocenters. The van der Waals surface area contributed by atoms with Gasteiger partial charge in [0.1, 0.15) is 5.75 Å². The molecule has 0 heterocycles. The minimum absolute atomic E-state index is 0.0509. The Morgan fingerprint density at radius 1 is 1.14 bits per heavy atom. The number of carbonyl (C=O) groups is 1. The van der Waals surface area contributed by atoms with Gasteiger partial charge in [-0.05, 0) is 37.6 Å². The Bertz CT molecular complexity index is 649. The number of nitrogens with zero attached hydrogens (tertiary/aromatic N) is 1. The van der Waals surface area contributed by atoms with Crippen LogP contribution in [0.2, 0.25) is 0 Å². The second kappa shape index (κ2) is 6.44. The summed E-state index contributed by atoms with van der Waals surface area (Å²) in [5.74, 6) is 0.673. The molecule has 0 amide bonds. The molecule has 2 aromatic carbocycles. The third-order valence-corrected chi connectivity index (χ3v) is 3.55. The summed E-state index contributed by atoms with van der Waals surface area (Å²) in [6, 6.07) is 13.6. The van der Waals surface area contributed by atoms with Crippen LogP contribution in [-0.2, 0) is 0 Å². The zero-order valence-electron chi connectivity index (χ0n) is 13.0. The first kappa shape index (κ1) is 15.1. The summed E-state index contributed by atoms with van der Waals surface area (Å²) in [6.45, 7) is 4.45. The molecule has 3 nitrogen and oxygen atoms in total. The van der Waals surface area contributed by atoms with Crippen LogP contribution in [0.15, 0.2) is 42.5 Å². The van der Waals surface area contributed by atoms with Gasteiger partial charge in [0.15, 0.2) is 5.78 Å². The highest BCUT2D eigenvalue weighted by Crippen LogP contribution is 2.22. The van der Waals surface area contributed by atoms with Crippen LogP contribution in [0.4, 0.5) is 5.69 Å². The van der Waals surface area contributed by atoms with Gasteiger partial charge in [-0.25, -0.2) is 0 Å². The standard InChI is InChI=1S/C18H21NO2/c1-13-9-10-16(14(2)11-13)19(3)12-17(20)15-7-5-6-8-18(15)21-4/h5-11H,12H2,1-4H3. The Labute approximate surface area is 126 Å². The predicted octanol–water partition coefficient (Wildman–Crippen LogP) is 3.63. The highest BCUT2D eigenvalue weighted by molar-refractivity contribution is 6.01. The lowest BCUT2D eigenvalue weighted by molar-refractivity contribution is 0.0997. The predicted molar refractivity (Wildman–Crippen MR) is 86.5 cm³/mol. The Morgan fingerprint density at radius 2 is 1.86 bits per heavy atom. The van der Waals surface area contributed by atoms with Crippen molar-refractivity contribution < 1.29 is 9.53 Å². The Hall–Kier alpha value is -2.29. The highest BCUT2D eigenvalue weighted by atomic mass is 16.5. The quantitative estimate of drug-likeness (QED) is 0.785. The minimum Gasteiger partial charge on any atom is -0.496 e. The second-order valence-corrected chi connectivity index (χ2v) is 5.27. The van der Waals surface area contributed by atoms with E-state index in [1.807, 2.05) is 30.1 Å². The molecular formula is C18H21NO2. The van der Waals surface area contributed by atoms with Gasteiger partial charge in [-0.2, -0.15) is 0 Å². The number of likely N-dealkylation sites (N-methyl/N-ethyl adjacent to an activating group) is 1. The number of anilines is 1. The molecule has 0 N–H and O–H groups in total. The Morgan fingerprint density at radius 3 is 2.52 bits per heavy atom. The Balaban J connectivity index is 2.19. The van der Waals surface area contributed by atoms with Crippen molar-refractivity contribution in [1.29, 1.82) is 0 Å². The molecule has 3 heteroatoms. The van der Waals surface area contributed by atoms with Gasteiger partial charge in [0.05, 0.1) is 19.2 Å². The van der Waals surface area contributed by atoms with E-state index in [4.69, 9.17) is 4.74 Å². The number of hydrogen-bond donors (Lipinski definition) is 0. The van der Waals surface area contributed by atoms with Crippen LogP contribution in [0.3, 0.4) is 0 Å². The topological polar surface area (TPSA) is 29.5 Å². The molecule has 0 saturated carbocycles. The molecule has 0 aromatic heterocycles. The number of aryl methyl sites for hydroxylation is 2. The third-order valence-electron chi connectivity index (χ3n) is 3.55. The molecule has 0 fully saturated rings. The number of Topliss-reactive ketones (excluding diaryl/α,β-unsaturated/α-hetero) is 1. The van der Waals surface area contributed by atoms with E-state index in [1.165, 1.54) is 11.1 Å². The molecule has 110 valence electrons. The molecule has 0 atom stereocenters. The SMILES string of the molecule is COc1ccccc1C(=O)CN(C)c1ccc(C)cc1C. The van der Waals surface area contributed by atoms with Crippen LogP contribution in [0.25, 0.3) is 0 Å². The van der Waals surface area contributed by atoms with Gasteiger partial charge in [-0.1, -0.05) is 29.8 Å². The summed E-state index contributed by atoms with van der Waals surface area (Å²) in [7, 11) is 3.52. The number of para-hydroxylation sites is 1. The average Bonchev–Trinajstić information content (AvgIpc) is 2.46. The molecule has 0 saturated heterocycles. The number of methoxy groups -OCH3 is 1. The van der Waals surface area contributed by atoms with Crippen LogP contribution in [-0.4, -0.2) is 26.5 Å². The zero-order valence-corrected chi connectivity index (χ0v) is 13.0. The fraction of sp³-hybridized carbons (Fsp3) is 0.278. The maximum Gasteiger partial charge on any atom is 0.185 e. The van der Waals surface area contributed by atoms with Crippen molar-refractivity contribution in [3.8, 4) is 5.75 Å². The summed E-state index contributed by atoms with van der Waals surface area (Å²) < 4.78 is 5.25.